The van der Waals surface area contributed by atoms with E-state index < -0.39 is 33.3 Å². The Hall–Kier alpha value is -1.15. The largest absolute Gasteiger partial charge is 0.481 e. The Balaban J connectivity index is 4.44. The maximum atomic E-state index is 11.6. The second kappa shape index (κ2) is 6.55. The molecule has 0 amide bonds. The Morgan fingerprint density at radius 1 is 1.35 bits per heavy atom. The average molecular weight is 267 g/mol. The number of methoxy groups -OCH3 is 1. The molecule has 7 nitrogen and oxygen atoms in total. The summed E-state index contributed by atoms with van der Waals surface area (Å²) in [5.74, 6) is -1.86. The monoisotopic (exact) mass is 267 g/mol. The van der Waals surface area contributed by atoms with Gasteiger partial charge in [-0.05, 0) is 20.3 Å². The Morgan fingerprint density at radius 2 is 1.88 bits per heavy atom. The fraction of sp³-hybridized carbons (Fsp3) is 0.778. The Labute approximate surface area is 100 Å². The topological polar surface area (TPSA) is 110 Å². The highest BCUT2D eigenvalue weighted by atomic mass is 32.2. The number of hydrogen-bond acceptors (Lipinski definition) is 5. The first kappa shape index (κ1) is 15.9. The van der Waals surface area contributed by atoms with Gasteiger partial charge in [-0.3, -0.25) is 9.59 Å². The Bertz CT molecular complexity index is 377. The van der Waals surface area contributed by atoms with E-state index in [2.05, 4.69) is 9.46 Å². The molecule has 0 bridgehead atoms. The van der Waals surface area contributed by atoms with Gasteiger partial charge in [0, 0.05) is 12.5 Å². The standard InChI is InChI=1S/C9H17NO6S/c1-6(4-5-8(11)12)10-17(14,15)7(2)9(13)16-3/h6-7,10H,4-5H2,1-3H3,(H,11,12). The SMILES string of the molecule is COC(=O)C(C)S(=O)(=O)NC(C)CCC(=O)O. The highest BCUT2D eigenvalue weighted by Crippen LogP contribution is 2.05. The van der Waals surface area contributed by atoms with Crippen molar-refractivity contribution in [1.82, 2.24) is 4.72 Å². The van der Waals surface area contributed by atoms with Gasteiger partial charge in [0.2, 0.25) is 10.0 Å². The molecular formula is C9H17NO6S. The summed E-state index contributed by atoms with van der Waals surface area (Å²) in [7, 11) is -2.74. The van der Waals surface area contributed by atoms with E-state index in [-0.39, 0.29) is 12.8 Å². The van der Waals surface area contributed by atoms with Crippen molar-refractivity contribution in [3.05, 3.63) is 0 Å². The third kappa shape index (κ3) is 5.64. The van der Waals surface area contributed by atoms with E-state index in [0.717, 1.165) is 7.11 Å². The van der Waals surface area contributed by atoms with Crippen LogP contribution in [0.1, 0.15) is 26.7 Å². The Kier molecular flexibility index (Phi) is 6.11. The van der Waals surface area contributed by atoms with Crippen LogP contribution < -0.4 is 4.72 Å². The van der Waals surface area contributed by atoms with E-state index >= 15 is 0 Å². The maximum absolute atomic E-state index is 11.6. The molecule has 0 saturated heterocycles. The van der Waals surface area contributed by atoms with Crippen molar-refractivity contribution in [3.8, 4) is 0 Å². The van der Waals surface area contributed by atoms with Crippen molar-refractivity contribution < 1.29 is 27.9 Å². The molecule has 8 heteroatoms. The van der Waals surface area contributed by atoms with E-state index in [1.807, 2.05) is 0 Å². The van der Waals surface area contributed by atoms with Crippen molar-refractivity contribution in [3.63, 3.8) is 0 Å². The number of carboxylic acids is 1. The van der Waals surface area contributed by atoms with E-state index in [9.17, 15) is 18.0 Å². The zero-order valence-electron chi connectivity index (χ0n) is 9.97. The number of sulfonamides is 1. The van der Waals surface area contributed by atoms with Crippen LogP contribution in [0.25, 0.3) is 0 Å². The molecule has 0 aliphatic rings. The van der Waals surface area contributed by atoms with Crippen LogP contribution in [0.2, 0.25) is 0 Å². The van der Waals surface area contributed by atoms with Gasteiger partial charge >= 0.3 is 11.9 Å². The van der Waals surface area contributed by atoms with Crippen molar-refractivity contribution >= 4 is 22.0 Å². The van der Waals surface area contributed by atoms with E-state index in [0.29, 0.717) is 0 Å². The number of esters is 1. The summed E-state index contributed by atoms with van der Waals surface area (Å²) in [6.07, 6.45) is 0.0126. The van der Waals surface area contributed by atoms with Crippen LogP contribution in [0.5, 0.6) is 0 Å². The molecule has 100 valence electrons. The third-order valence-corrected chi connectivity index (χ3v) is 4.01. The quantitative estimate of drug-likeness (QED) is 0.614. The number of carbonyl (C=O) groups excluding carboxylic acids is 1. The average Bonchev–Trinajstić information content (AvgIpc) is 2.23. The van der Waals surface area contributed by atoms with Gasteiger partial charge in [0.1, 0.15) is 0 Å². The molecule has 0 aliphatic carbocycles. The Morgan fingerprint density at radius 3 is 2.29 bits per heavy atom. The molecule has 0 aromatic carbocycles. The van der Waals surface area contributed by atoms with Crippen LogP contribution in [-0.2, 0) is 24.3 Å². The molecule has 2 N–H and O–H groups in total. The molecule has 0 fully saturated rings. The molecule has 17 heavy (non-hydrogen) atoms. The molecule has 0 aliphatic heterocycles. The van der Waals surface area contributed by atoms with E-state index in [1.165, 1.54) is 13.8 Å². The predicted molar refractivity (Wildman–Crippen MR) is 59.9 cm³/mol. The summed E-state index contributed by atoms with van der Waals surface area (Å²) < 4.78 is 29.8. The van der Waals surface area contributed by atoms with Crippen LogP contribution in [0.3, 0.4) is 0 Å². The van der Waals surface area contributed by atoms with Gasteiger partial charge in [-0.25, -0.2) is 13.1 Å². The summed E-state index contributed by atoms with van der Waals surface area (Å²) in [5.41, 5.74) is 0. The lowest BCUT2D eigenvalue weighted by Crippen LogP contribution is -2.42. The first-order chi connectivity index (χ1) is 7.70. The molecule has 0 radical (unpaired) electrons. The summed E-state index contributed by atoms with van der Waals surface area (Å²) in [6.45, 7) is 2.74. The second-order valence-corrected chi connectivity index (χ2v) is 5.69. The predicted octanol–water partition coefficient (Wildman–Crippen LogP) is -0.279. The summed E-state index contributed by atoms with van der Waals surface area (Å²) >= 11 is 0. The third-order valence-electron chi connectivity index (χ3n) is 2.16. The summed E-state index contributed by atoms with van der Waals surface area (Å²) in [4.78, 5) is 21.4. The highest BCUT2D eigenvalue weighted by Gasteiger charge is 2.29. The molecule has 0 aromatic heterocycles. The van der Waals surface area contributed by atoms with Gasteiger partial charge in [-0.1, -0.05) is 0 Å². The van der Waals surface area contributed by atoms with Gasteiger partial charge in [-0.15, -0.1) is 0 Å². The number of hydrogen-bond donors (Lipinski definition) is 2. The molecule has 0 aromatic rings. The van der Waals surface area contributed by atoms with Crippen molar-refractivity contribution in [2.24, 2.45) is 0 Å². The zero-order valence-corrected chi connectivity index (χ0v) is 10.8. The molecule has 0 heterocycles. The lowest BCUT2D eigenvalue weighted by Gasteiger charge is -2.16. The fourth-order valence-electron chi connectivity index (χ4n) is 1.07. The minimum absolute atomic E-state index is 0.143. The van der Waals surface area contributed by atoms with Crippen LogP contribution in [0.15, 0.2) is 0 Å². The minimum Gasteiger partial charge on any atom is -0.481 e. The van der Waals surface area contributed by atoms with Crippen LogP contribution in [-0.4, -0.2) is 43.9 Å². The molecule has 2 unspecified atom stereocenters. The fourth-order valence-corrected chi connectivity index (χ4v) is 2.31. The number of aliphatic carboxylic acids is 1. The first-order valence-electron chi connectivity index (χ1n) is 5.01. The minimum atomic E-state index is -3.84. The van der Waals surface area contributed by atoms with Gasteiger partial charge in [-0.2, -0.15) is 0 Å². The van der Waals surface area contributed by atoms with Gasteiger partial charge in [0.05, 0.1) is 7.11 Å². The lowest BCUT2D eigenvalue weighted by atomic mass is 10.2. The van der Waals surface area contributed by atoms with Crippen LogP contribution >= 0.6 is 0 Å². The molecular weight excluding hydrogens is 250 g/mol. The molecule has 0 saturated carbocycles. The van der Waals surface area contributed by atoms with E-state index in [4.69, 9.17) is 5.11 Å². The lowest BCUT2D eigenvalue weighted by molar-refractivity contribution is -0.140. The van der Waals surface area contributed by atoms with Gasteiger partial charge in [0.15, 0.2) is 5.25 Å². The molecule has 0 spiro atoms. The van der Waals surface area contributed by atoms with Crippen LogP contribution in [0, 0.1) is 0 Å². The van der Waals surface area contributed by atoms with E-state index in [1.54, 1.807) is 0 Å². The normalized spacial score (nSPS) is 15.0. The second-order valence-electron chi connectivity index (χ2n) is 3.66. The number of ether oxygens (including phenoxy) is 1. The molecule has 0 rings (SSSR count). The first-order valence-corrected chi connectivity index (χ1v) is 6.56. The smallest absolute Gasteiger partial charge is 0.325 e. The van der Waals surface area contributed by atoms with Gasteiger partial charge in [0.25, 0.3) is 0 Å². The number of carbonyl (C=O) groups is 2. The van der Waals surface area contributed by atoms with Crippen molar-refractivity contribution in [1.29, 1.82) is 0 Å². The number of rotatable bonds is 7. The highest BCUT2D eigenvalue weighted by molar-refractivity contribution is 7.90. The van der Waals surface area contributed by atoms with Crippen molar-refractivity contribution in [2.75, 3.05) is 7.11 Å². The number of carboxylic acid groups (broad SMARTS) is 1. The summed E-state index contributed by atoms with van der Waals surface area (Å²) in [5, 5.41) is 7.13. The zero-order chi connectivity index (χ0) is 13.6. The van der Waals surface area contributed by atoms with Gasteiger partial charge < -0.3 is 9.84 Å². The maximum Gasteiger partial charge on any atom is 0.325 e. The molecule has 2 atom stereocenters. The van der Waals surface area contributed by atoms with Crippen LogP contribution in [0.4, 0.5) is 0 Å². The van der Waals surface area contributed by atoms with Crippen molar-refractivity contribution in [2.45, 2.75) is 38.0 Å². The number of nitrogens with one attached hydrogen (secondary N) is 1. The summed E-state index contributed by atoms with van der Waals surface area (Å²) in [6, 6.07) is -0.553.